The minimum absolute atomic E-state index is 0.0239. The van der Waals surface area contributed by atoms with Gasteiger partial charge in [-0.2, -0.15) is 0 Å². The molecule has 9 heteroatoms. The molecule has 1 heterocycles. The third-order valence-electron chi connectivity index (χ3n) is 2.63. The largest absolute Gasteiger partial charge is 0.416 e. The van der Waals surface area contributed by atoms with Crippen LogP contribution in [0.4, 0.5) is 5.69 Å². The van der Waals surface area contributed by atoms with E-state index in [4.69, 9.17) is 10.2 Å². The number of non-ortho nitro benzene ring substituents is 1. The number of nitro groups is 1. The molecule has 1 amide bonds. The normalized spacial score (nSPS) is 12.0. The second-order valence-electron chi connectivity index (χ2n) is 4.22. The van der Waals surface area contributed by atoms with Crippen molar-refractivity contribution in [2.75, 3.05) is 0 Å². The number of nitrogens with two attached hydrogens (primary N) is 1. The van der Waals surface area contributed by atoms with Crippen LogP contribution in [-0.2, 0) is 11.2 Å². The first-order valence-electron chi connectivity index (χ1n) is 5.97. The molecule has 1 aromatic carbocycles. The zero-order valence-electron chi connectivity index (χ0n) is 11.1. The molecule has 0 bridgehead atoms. The first-order chi connectivity index (χ1) is 9.95. The van der Waals surface area contributed by atoms with Gasteiger partial charge < -0.3 is 10.2 Å². The molecule has 0 fully saturated rings. The molecule has 0 saturated heterocycles. The minimum atomic E-state index is -0.463. The van der Waals surface area contributed by atoms with Crippen LogP contribution < -0.4 is 5.73 Å². The van der Waals surface area contributed by atoms with Gasteiger partial charge in [0.05, 0.1) is 16.6 Å². The molecule has 0 unspecified atom stereocenters. The number of carbonyl (C=O) groups is 1. The topological polar surface area (TPSA) is 125 Å². The fourth-order valence-corrected chi connectivity index (χ4v) is 2.13. The monoisotopic (exact) mass is 308 g/mol. The summed E-state index contributed by atoms with van der Waals surface area (Å²) in [7, 11) is 0. The molecule has 2 aromatic rings. The third-order valence-corrected chi connectivity index (χ3v) is 3.58. The number of benzene rings is 1. The Morgan fingerprint density at radius 1 is 1.43 bits per heavy atom. The van der Waals surface area contributed by atoms with Gasteiger partial charge in [0, 0.05) is 12.1 Å². The van der Waals surface area contributed by atoms with Crippen LogP contribution in [0.25, 0.3) is 0 Å². The van der Waals surface area contributed by atoms with Gasteiger partial charge in [0.15, 0.2) is 0 Å². The molecule has 2 N–H and O–H groups in total. The Bertz CT molecular complexity index is 656. The van der Waals surface area contributed by atoms with Crippen molar-refractivity contribution in [2.24, 2.45) is 5.73 Å². The molecule has 1 atom stereocenters. The quantitative estimate of drug-likeness (QED) is 0.487. The van der Waals surface area contributed by atoms with Crippen LogP contribution in [0.5, 0.6) is 0 Å². The summed E-state index contributed by atoms with van der Waals surface area (Å²) in [6, 6.07) is 6.08. The first kappa shape index (κ1) is 15.0. The lowest BCUT2D eigenvalue weighted by atomic mass is 10.1. The number of hydrogen-bond donors (Lipinski definition) is 1. The summed E-state index contributed by atoms with van der Waals surface area (Å²) in [6.45, 7) is 1.65. The van der Waals surface area contributed by atoms with Crippen molar-refractivity contribution in [1.29, 1.82) is 0 Å². The maximum absolute atomic E-state index is 10.9. The molecule has 0 saturated carbocycles. The van der Waals surface area contributed by atoms with Gasteiger partial charge in [0.1, 0.15) is 0 Å². The number of nitro benzene ring substituents is 1. The smallest absolute Gasteiger partial charge is 0.277 e. The molecule has 0 aliphatic carbocycles. The number of aromatic nitrogens is 2. The summed E-state index contributed by atoms with van der Waals surface area (Å²) < 4.78 is 5.39. The van der Waals surface area contributed by atoms with Crippen molar-refractivity contribution in [3.8, 4) is 0 Å². The van der Waals surface area contributed by atoms with Crippen molar-refractivity contribution >= 4 is 23.4 Å². The summed E-state index contributed by atoms with van der Waals surface area (Å²) in [5, 5.41) is 18.0. The highest BCUT2D eigenvalue weighted by Crippen LogP contribution is 2.22. The van der Waals surface area contributed by atoms with Crippen molar-refractivity contribution in [2.45, 2.75) is 23.8 Å². The number of amides is 1. The average molecular weight is 308 g/mol. The van der Waals surface area contributed by atoms with Gasteiger partial charge in [-0.1, -0.05) is 23.9 Å². The molecule has 0 radical (unpaired) electrons. The number of primary amides is 1. The highest BCUT2D eigenvalue weighted by molar-refractivity contribution is 8.00. The van der Waals surface area contributed by atoms with Crippen LogP contribution in [0.2, 0.25) is 0 Å². The van der Waals surface area contributed by atoms with Crippen LogP contribution in [0.15, 0.2) is 33.9 Å². The Kier molecular flexibility index (Phi) is 4.53. The van der Waals surface area contributed by atoms with Gasteiger partial charge in [0.25, 0.3) is 10.9 Å². The highest BCUT2D eigenvalue weighted by Gasteiger charge is 2.15. The van der Waals surface area contributed by atoms with Gasteiger partial charge in [-0.3, -0.25) is 14.9 Å². The fraction of sp³-hybridized carbons (Fsp3) is 0.250. The number of nitrogens with zero attached hydrogens (tertiary/aromatic N) is 3. The third kappa shape index (κ3) is 4.02. The molecule has 2 rings (SSSR count). The lowest BCUT2D eigenvalue weighted by Crippen LogP contribution is -2.22. The van der Waals surface area contributed by atoms with Crippen LogP contribution >= 0.6 is 11.8 Å². The molecule has 21 heavy (non-hydrogen) atoms. The molecular weight excluding hydrogens is 296 g/mol. The molecule has 0 aliphatic heterocycles. The average Bonchev–Trinajstić information content (AvgIpc) is 2.86. The van der Waals surface area contributed by atoms with E-state index in [1.807, 2.05) is 0 Å². The molecular formula is C12H12N4O4S. The van der Waals surface area contributed by atoms with Crippen molar-refractivity contribution in [1.82, 2.24) is 10.2 Å². The second-order valence-corrected chi connectivity index (χ2v) is 5.52. The predicted molar refractivity (Wildman–Crippen MR) is 74.7 cm³/mol. The Labute approximate surface area is 123 Å². The van der Waals surface area contributed by atoms with Crippen LogP contribution in [0, 0.1) is 10.1 Å². The van der Waals surface area contributed by atoms with Crippen LogP contribution in [0.1, 0.15) is 18.4 Å². The molecule has 8 nitrogen and oxygen atoms in total. The second kappa shape index (κ2) is 6.35. The van der Waals surface area contributed by atoms with Crippen molar-refractivity contribution in [3.63, 3.8) is 0 Å². The number of hydrogen-bond acceptors (Lipinski definition) is 7. The zero-order valence-corrected chi connectivity index (χ0v) is 11.9. The number of carbonyl (C=O) groups excluding carboxylic acids is 1. The van der Waals surface area contributed by atoms with E-state index >= 15 is 0 Å². The maximum Gasteiger partial charge on any atom is 0.277 e. The summed E-state index contributed by atoms with van der Waals surface area (Å²) in [6.07, 6.45) is 0.358. The standard InChI is InChI=1S/C12H12N4O4S/c1-7(11(13)17)21-12-15-14-10(20-12)6-8-2-4-9(5-3-8)16(18)19/h2-5,7H,6H2,1H3,(H2,13,17)/t7-/m0/s1. The Hall–Kier alpha value is -2.42. The predicted octanol–water partition coefficient (Wildman–Crippen LogP) is 1.53. The zero-order chi connectivity index (χ0) is 15.4. The fourth-order valence-electron chi connectivity index (χ4n) is 1.48. The Balaban J connectivity index is 2.02. The summed E-state index contributed by atoms with van der Waals surface area (Å²) >= 11 is 1.09. The summed E-state index contributed by atoms with van der Waals surface area (Å²) in [4.78, 5) is 21.0. The first-order valence-corrected chi connectivity index (χ1v) is 6.85. The summed E-state index contributed by atoms with van der Waals surface area (Å²) in [5.41, 5.74) is 5.98. The number of thioether (sulfide) groups is 1. The van der Waals surface area contributed by atoms with E-state index in [1.165, 1.54) is 12.1 Å². The van der Waals surface area contributed by atoms with Gasteiger partial charge in [-0.25, -0.2) is 0 Å². The van der Waals surface area contributed by atoms with E-state index in [0.717, 1.165) is 17.3 Å². The molecule has 110 valence electrons. The van der Waals surface area contributed by atoms with E-state index in [-0.39, 0.29) is 10.9 Å². The van der Waals surface area contributed by atoms with Crippen molar-refractivity contribution in [3.05, 3.63) is 45.8 Å². The summed E-state index contributed by atoms with van der Waals surface area (Å²) in [5.74, 6) is -0.0989. The van der Waals surface area contributed by atoms with Crippen molar-refractivity contribution < 1.29 is 14.1 Å². The SMILES string of the molecule is C[C@H](Sc1nnc(Cc2ccc([N+](=O)[O-])cc2)o1)C(N)=O. The Morgan fingerprint density at radius 2 is 2.10 bits per heavy atom. The highest BCUT2D eigenvalue weighted by atomic mass is 32.2. The minimum Gasteiger partial charge on any atom is -0.416 e. The van der Waals surface area contributed by atoms with E-state index < -0.39 is 16.1 Å². The van der Waals surface area contributed by atoms with E-state index in [0.29, 0.717) is 12.3 Å². The number of rotatable bonds is 6. The van der Waals surface area contributed by atoms with Gasteiger partial charge >= 0.3 is 0 Å². The van der Waals surface area contributed by atoms with Gasteiger partial charge in [-0.05, 0) is 12.5 Å². The van der Waals surface area contributed by atoms with Gasteiger partial charge in [-0.15, -0.1) is 10.2 Å². The van der Waals surface area contributed by atoms with Crippen LogP contribution in [0.3, 0.4) is 0 Å². The molecule has 0 aliphatic rings. The maximum atomic E-state index is 10.9. The van der Waals surface area contributed by atoms with E-state index in [9.17, 15) is 14.9 Å². The van der Waals surface area contributed by atoms with E-state index in [1.54, 1.807) is 19.1 Å². The van der Waals surface area contributed by atoms with E-state index in [2.05, 4.69) is 10.2 Å². The lowest BCUT2D eigenvalue weighted by molar-refractivity contribution is -0.384. The Morgan fingerprint density at radius 3 is 2.67 bits per heavy atom. The molecule has 1 aromatic heterocycles. The lowest BCUT2D eigenvalue weighted by Gasteiger charge is -2.01. The molecule has 0 spiro atoms. The van der Waals surface area contributed by atoms with Gasteiger partial charge in [0.2, 0.25) is 11.8 Å². The van der Waals surface area contributed by atoms with Crippen LogP contribution in [-0.4, -0.2) is 26.3 Å².